The normalized spacial score (nSPS) is 12.1. The van der Waals surface area contributed by atoms with Crippen LogP contribution in [0, 0.1) is 0 Å². The van der Waals surface area contributed by atoms with E-state index in [1.165, 1.54) is 12.1 Å². The highest BCUT2D eigenvalue weighted by Gasteiger charge is 2.14. The average molecular weight is 389 g/mol. The molecular formula is C22H32N2O4. The Labute approximate surface area is 168 Å². The van der Waals surface area contributed by atoms with Crippen molar-refractivity contribution in [1.82, 2.24) is 8.97 Å². The molecule has 6 nitrogen and oxygen atoms in total. The number of unbranched alkanes of at least 4 members (excludes halogenated alkanes) is 1. The van der Waals surface area contributed by atoms with Gasteiger partial charge < -0.3 is 19.7 Å². The molecule has 0 radical (unpaired) electrons. The van der Waals surface area contributed by atoms with Gasteiger partial charge in [-0.2, -0.15) is 0 Å². The number of nitrogens with zero attached hydrogens (tertiary/aromatic N) is 2. The van der Waals surface area contributed by atoms with Crippen LogP contribution >= 0.6 is 0 Å². The summed E-state index contributed by atoms with van der Waals surface area (Å²) in [5.74, 6) is 1.11. The lowest BCUT2D eigenvalue weighted by molar-refractivity contribution is -0.269. The molecule has 0 aliphatic carbocycles. The second-order valence-electron chi connectivity index (χ2n) is 8.75. The van der Waals surface area contributed by atoms with E-state index in [0.717, 1.165) is 24.2 Å². The van der Waals surface area contributed by atoms with E-state index in [2.05, 4.69) is 0 Å². The zero-order valence-corrected chi connectivity index (χ0v) is 17.8. The molecule has 0 amide bonds. The molecule has 0 saturated carbocycles. The molecule has 28 heavy (non-hydrogen) atoms. The minimum absolute atomic E-state index is 0.0468. The topological polar surface area (TPSA) is 64.6 Å². The van der Waals surface area contributed by atoms with E-state index in [0.29, 0.717) is 33.7 Å². The Morgan fingerprint density at radius 2 is 0.964 bits per heavy atom. The summed E-state index contributed by atoms with van der Waals surface area (Å²) in [6, 6.07) is 10.1. The van der Waals surface area contributed by atoms with Gasteiger partial charge in [-0.1, -0.05) is 11.5 Å². The van der Waals surface area contributed by atoms with Crippen LogP contribution in [0.25, 0.3) is 0 Å². The van der Waals surface area contributed by atoms with Crippen molar-refractivity contribution < 1.29 is 19.7 Å². The molecule has 0 heterocycles. The Bertz CT molecular complexity index is 725. The SMILES string of the molecule is C[N+](C)(C)c1cc([O-])cc(OCCCCOc2cc([O-])cc([N+](C)(C)C)c2)c1. The maximum absolute atomic E-state index is 11.8. The van der Waals surface area contributed by atoms with Crippen molar-refractivity contribution in [3.63, 3.8) is 0 Å². The van der Waals surface area contributed by atoms with Crippen LogP contribution in [-0.2, 0) is 0 Å². The summed E-state index contributed by atoms with van der Waals surface area (Å²) >= 11 is 0. The lowest BCUT2D eigenvalue weighted by Gasteiger charge is -2.25. The summed E-state index contributed by atoms with van der Waals surface area (Å²) in [6.07, 6.45) is 1.59. The summed E-state index contributed by atoms with van der Waals surface area (Å²) in [7, 11) is 12.1. The van der Waals surface area contributed by atoms with Crippen molar-refractivity contribution in [3.8, 4) is 23.0 Å². The Morgan fingerprint density at radius 3 is 1.29 bits per heavy atom. The van der Waals surface area contributed by atoms with Crippen LogP contribution in [0.5, 0.6) is 23.0 Å². The van der Waals surface area contributed by atoms with Gasteiger partial charge in [0.1, 0.15) is 22.9 Å². The van der Waals surface area contributed by atoms with Crippen molar-refractivity contribution in [2.45, 2.75) is 12.8 Å². The van der Waals surface area contributed by atoms with Crippen molar-refractivity contribution in [3.05, 3.63) is 36.4 Å². The van der Waals surface area contributed by atoms with E-state index in [1.807, 2.05) is 54.4 Å². The zero-order chi connectivity index (χ0) is 20.9. The Hall–Kier alpha value is -2.44. The third-order valence-corrected chi connectivity index (χ3v) is 4.35. The summed E-state index contributed by atoms with van der Waals surface area (Å²) in [4.78, 5) is 0. The molecule has 2 rings (SSSR count). The molecule has 0 atom stereocenters. The van der Waals surface area contributed by atoms with Gasteiger partial charge in [-0.3, -0.25) is 8.97 Å². The average Bonchev–Trinajstić information content (AvgIpc) is 2.55. The predicted octanol–water partition coefficient (Wildman–Crippen LogP) is 2.47. The van der Waals surface area contributed by atoms with Crippen molar-refractivity contribution in [2.24, 2.45) is 0 Å². The van der Waals surface area contributed by atoms with Crippen LogP contribution in [-0.4, -0.2) is 55.5 Å². The van der Waals surface area contributed by atoms with Gasteiger partial charge in [0.25, 0.3) is 0 Å². The first-order valence-electron chi connectivity index (χ1n) is 9.49. The molecular weight excluding hydrogens is 356 g/mol. The molecule has 0 aliphatic heterocycles. The molecule has 0 spiro atoms. The Kier molecular flexibility index (Phi) is 6.80. The number of quaternary nitrogens is 2. The van der Waals surface area contributed by atoms with Crippen LogP contribution in [0.15, 0.2) is 36.4 Å². The van der Waals surface area contributed by atoms with Crippen LogP contribution in [0.4, 0.5) is 11.4 Å². The fourth-order valence-electron chi connectivity index (χ4n) is 2.64. The van der Waals surface area contributed by atoms with Gasteiger partial charge in [-0.15, -0.1) is 0 Å². The van der Waals surface area contributed by atoms with Gasteiger partial charge in [-0.05, 0) is 37.1 Å². The van der Waals surface area contributed by atoms with Crippen LogP contribution < -0.4 is 28.7 Å². The van der Waals surface area contributed by atoms with Gasteiger partial charge in [0.15, 0.2) is 0 Å². The monoisotopic (exact) mass is 388 g/mol. The zero-order valence-electron chi connectivity index (χ0n) is 17.8. The molecule has 0 bridgehead atoms. The number of benzene rings is 2. The minimum Gasteiger partial charge on any atom is -0.872 e. The van der Waals surface area contributed by atoms with Crippen LogP contribution in [0.1, 0.15) is 12.8 Å². The van der Waals surface area contributed by atoms with Gasteiger partial charge in [0.2, 0.25) is 0 Å². The first-order valence-corrected chi connectivity index (χ1v) is 9.49. The Morgan fingerprint density at radius 1 is 0.607 bits per heavy atom. The summed E-state index contributed by atoms with van der Waals surface area (Å²) < 4.78 is 12.6. The van der Waals surface area contributed by atoms with Crippen molar-refractivity contribution in [1.29, 1.82) is 0 Å². The summed E-state index contributed by atoms with van der Waals surface area (Å²) in [5, 5.41) is 23.7. The molecule has 2 aromatic rings. The smallest absolute Gasteiger partial charge is 0.135 e. The van der Waals surface area contributed by atoms with E-state index in [4.69, 9.17) is 9.47 Å². The second kappa shape index (κ2) is 8.71. The predicted molar refractivity (Wildman–Crippen MR) is 111 cm³/mol. The van der Waals surface area contributed by atoms with E-state index >= 15 is 0 Å². The molecule has 0 unspecified atom stereocenters. The third-order valence-electron chi connectivity index (χ3n) is 4.35. The standard InChI is InChI=1S/C22H32N2O4/c1-23(2,3)17-11-19(25)15-21(13-17)27-9-7-8-10-28-22-14-18(24(4,5)6)12-20(26)16-22/h11-16H,7-10H2,1-6H3. The third kappa shape index (κ3) is 6.62. The summed E-state index contributed by atoms with van der Waals surface area (Å²) in [6.45, 7) is 1.02. The molecule has 0 saturated heterocycles. The quantitative estimate of drug-likeness (QED) is 0.489. The molecule has 0 fully saturated rings. The highest BCUT2D eigenvalue weighted by molar-refractivity contribution is 5.52. The highest BCUT2D eigenvalue weighted by atomic mass is 16.5. The van der Waals surface area contributed by atoms with Crippen molar-refractivity contribution in [2.75, 3.05) is 55.5 Å². The number of hydrogen-bond donors (Lipinski definition) is 0. The van der Waals surface area contributed by atoms with E-state index in [1.54, 1.807) is 12.1 Å². The largest absolute Gasteiger partial charge is 0.872 e. The summed E-state index contributed by atoms with van der Waals surface area (Å²) in [5.41, 5.74) is 1.83. The van der Waals surface area contributed by atoms with Crippen LogP contribution in [0.2, 0.25) is 0 Å². The van der Waals surface area contributed by atoms with E-state index < -0.39 is 0 Å². The number of hydrogen-bond acceptors (Lipinski definition) is 4. The Balaban J connectivity index is 1.80. The molecule has 6 heteroatoms. The number of rotatable bonds is 9. The van der Waals surface area contributed by atoms with Gasteiger partial charge in [0.05, 0.1) is 55.5 Å². The molecule has 0 aliphatic rings. The fraction of sp³-hybridized carbons (Fsp3) is 0.455. The molecule has 0 N–H and O–H groups in total. The van der Waals surface area contributed by atoms with E-state index in [-0.39, 0.29) is 11.5 Å². The first-order chi connectivity index (χ1) is 12.9. The van der Waals surface area contributed by atoms with Gasteiger partial charge >= 0.3 is 0 Å². The molecule has 0 aromatic heterocycles. The molecule has 2 aromatic carbocycles. The second-order valence-corrected chi connectivity index (χ2v) is 8.75. The van der Waals surface area contributed by atoms with Gasteiger partial charge in [-0.25, -0.2) is 0 Å². The lowest BCUT2D eigenvalue weighted by Crippen LogP contribution is -2.34. The molecule has 154 valence electrons. The maximum atomic E-state index is 11.8. The van der Waals surface area contributed by atoms with Crippen molar-refractivity contribution >= 4 is 11.4 Å². The van der Waals surface area contributed by atoms with Gasteiger partial charge in [0, 0.05) is 12.1 Å². The number of ether oxygens (including phenoxy) is 2. The minimum atomic E-state index is -0.0468. The highest BCUT2D eigenvalue weighted by Crippen LogP contribution is 2.29. The fourth-order valence-corrected chi connectivity index (χ4v) is 2.64. The van der Waals surface area contributed by atoms with E-state index in [9.17, 15) is 10.2 Å². The maximum Gasteiger partial charge on any atom is 0.135 e. The van der Waals surface area contributed by atoms with Crippen LogP contribution in [0.3, 0.4) is 0 Å². The first kappa shape index (κ1) is 21.9. The lowest BCUT2D eigenvalue weighted by atomic mass is 10.2.